The Labute approximate surface area is 164 Å². The molecule has 0 aliphatic carbocycles. The van der Waals surface area contributed by atoms with Crippen LogP contribution in [-0.4, -0.2) is 10.9 Å². The van der Waals surface area contributed by atoms with Crippen LogP contribution in [0.2, 0.25) is 0 Å². The molecule has 3 nitrogen and oxygen atoms in total. The first-order valence-electron chi connectivity index (χ1n) is 7.97. The van der Waals surface area contributed by atoms with Crippen molar-refractivity contribution in [2.45, 2.75) is 10.6 Å². The molecular weight excluding hydrogens is 364 g/mol. The zero-order valence-electron chi connectivity index (χ0n) is 14.0. The molecule has 0 aliphatic heterocycles. The Morgan fingerprint density at radius 2 is 1.69 bits per heavy atom. The molecule has 0 radical (unpaired) electrons. The van der Waals surface area contributed by atoms with Gasteiger partial charge in [0.15, 0.2) is 0 Å². The Hall–Kier alpha value is -2.56. The van der Waals surface area contributed by atoms with Crippen LogP contribution >= 0.6 is 24.2 Å². The lowest BCUT2D eigenvalue weighted by Gasteiger charge is -2.09. The predicted molar refractivity (Wildman–Crippen MR) is 112 cm³/mol. The number of aromatic nitrogens is 1. The molecule has 0 spiro atoms. The SMILES string of the molecule is Cl.O=C(/C=C/c1ccccc1)Nc1ccccc1SCc1ccccn1. The number of amides is 1. The number of pyridine rings is 1. The highest BCUT2D eigenvalue weighted by Crippen LogP contribution is 2.29. The van der Waals surface area contributed by atoms with Crippen LogP contribution < -0.4 is 5.32 Å². The quantitative estimate of drug-likeness (QED) is 0.455. The van der Waals surface area contributed by atoms with Gasteiger partial charge >= 0.3 is 0 Å². The Morgan fingerprint density at radius 3 is 2.46 bits per heavy atom. The number of nitrogens with one attached hydrogen (secondary N) is 1. The molecule has 1 aromatic heterocycles. The van der Waals surface area contributed by atoms with Crippen LogP contribution in [0.15, 0.2) is 90.0 Å². The van der Waals surface area contributed by atoms with Crippen molar-refractivity contribution < 1.29 is 4.79 Å². The highest BCUT2D eigenvalue weighted by molar-refractivity contribution is 7.98. The fourth-order valence-corrected chi connectivity index (χ4v) is 3.16. The number of halogens is 1. The summed E-state index contributed by atoms with van der Waals surface area (Å²) in [5.41, 5.74) is 2.82. The van der Waals surface area contributed by atoms with Crippen LogP contribution in [0.25, 0.3) is 6.08 Å². The summed E-state index contributed by atoms with van der Waals surface area (Å²) in [5.74, 6) is 0.614. The number of rotatable bonds is 6. The van der Waals surface area contributed by atoms with Crippen molar-refractivity contribution >= 4 is 41.8 Å². The molecule has 26 heavy (non-hydrogen) atoms. The maximum Gasteiger partial charge on any atom is 0.248 e. The van der Waals surface area contributed by atoms with Crippen molar-refractivity contribution in [1.82, 2.24) is 4.98 Å². The minimum absolute atomic E-state index is 0. The van der Waals surface area contributed by atoms with Crippen molar-refractivity contribution in [3.8, 4) is 0 Å². The number of carbonyl (C=O) groups excluding carboxylic acids is 1. The van der Waals surface area contributed by atoms with Gasteiger partial charge in [0.2, 0.25) is 5.91 Å². The molecular formula is C21H19ClN2OS. The second kappa shape index (κ2) is 10.4. The molecule has 3 rings (SSSR count). The minimum atomic E-state index is -0.144. The van der Waals surface area contributed by atoms with Gasteiger partial charge in [-0.1, -0.05) is 48.5 Å². The monoisotopic (exact) mass is 382 g/mol. The van der Waals surface area contributed by atoms with Gasteiger partial charge in [0, 0.05) is 22.9 Å². The zero-order chi connectivity index (χ0) is 17.3. The summed E-state index contributed by atoms with van der Waals surface area (Å²) in [6, 6.07) is 23.4. The number of hydrogen-bond donors (Lipinski definition) is 1. The first-order chi connectivity index (χ1) is 12.3. The number of benzene rings is 2. The zero-order valence-corrected chi connectivity index (χ0v) is 15.7. The minimum Gasteiger partial charge on any atom is -0.321 e. The van der Waals surface area contributed by atoms with Crippen LogP contribution in [0, 0.1) is 0 Å². The molecule has 1 heterocycles. The van der Waals surface area contributed by atoms with Crippen LogP contribution in [0.3, 0.4) is 0 Å². The maximum absolute atomic E-state index is 12.2. The van der Waals surface area contributed by atoms with Crippen molar-refractivity contribution in [1.29, 1.82) is 0 Å². The van der Waals surface area contributed by atoms with Gasteiger partial charge in [0.25, 0.3) is 0 Å². The van der Waals surface area contributed by atoms with Gasteiger partial charge in [-0.05, 0) is 35.9 Å². The van der Waals surface area contributed by atoms with Gasteiger partial charge in [-0.3, -0.25) is 9.78 Å². The normalized spacial score (nSPS) is 10.3. The standard InChI is InChI=1S/C21H18N2OS.ClH/c24-21(14-13-17-8-2-1-3-9-17)23-19-11-4-5-12-20(19)25-16-18-10-6-7-15-22-18;/h1-15H,16H2,(H,23,24);1H/b14-13+;. The summed E-state index contributed by atoms with van der Waals surface area (Å²) < 4.78 is 0. The van der Waals surface area contributed by atoms with E-state index in [0.717, 1.165) is 27.6 Å². The summed E-state index contributed by atoms with van der Waals surface area (Å²) in [5, 5.41) is 2.95. The smallest absolute Gasteiger partial charge is 0.248 e. The van der Waals surface area contributed by atoms with E-state index >= 15 is 0 Å². The summed E-state index contributed by atoms with van der Waals surface area (Å²) >= 11 is 1.66. The topological polar surface area (TPSA) is 42.0 Å². The van der Waals surface area contributed by atoms with Crippen molar-refractivity contribution in [2.24, 2.45) is 0 Å². The molecule has 1 N–H and O–H groups in total. The summed E-state index contributed by atoms with van der Waals surface area (Å²) in [6.45, 7) is 0. The molecule has 5 heteroatoms. The predicted octanol–water partition coefficient (Wildman–Crippen LogP) is 5.45. The lowest BCUT2D eigenvalue weighted by Crippen LogP contribution is -2.08. The Bertz CT molecular complexity index is 854. The molecule has 132 valence electrons. The second-order valence-corrected chi connectivity index (χ2v) is 6.36. The van der Waals surface area contributed by atoms with E-state index in [2.05, 4.69) is 10.3 Å². The van der Waals surface area contributed by atoms with E-state index in [4.69, 9.17) is 0 Å². The van der Waals surface area contributed by atoms with Crippen LogP contribution in [0.4, 0.5) is 5.69 Å². The summed E-state index contributed by atoms with van der Waals surface area (Å²) in [4.78, 5) is 17.5. The van der Waals surface area contributed by atoms with Crippen molar-refractivity contribution in [3.63, 3.8) is 0 Å². The molecule has 0 saturated carbocycles. The number of para-hydroxylation sites is 1. The van der Waals surface area contributed by atoms with E-state index in [1.807, 2.05) is 72.8 Å². The van der Waals surface area contributed by atoms with Crippen LogP contribution in [0.5, 0.6) is 0 Å². The van der Waals surface area contributed by atoms with E-state index in [0.29, 0.717) is 0 Å². The molecule has 0 saturated heterocycles. The average Bonchev–Trinajstić information content (AvgIpc) is 2.67. The van der Waals surface area contributed by atoms with E-state index in [-0.39, 0.29) is 18.3 Å². The second-order valence-electron chi connectivity index (χ2n) is 5.34. The van der Waals surface area contributed by atoms with Gasteiger partial charge < -0.3 is 5.32 Å². The maximum atomic E-state index is 12.2. The fourth-order valence-electron chi connectivity index (χ4n) is 2.24. The molecule has 0 aliphatic rings. The molecule has 3 aromatic rings. The van der Waals surface area contributed by atoms with Gasteiger partial charge in [0.05, 0.1) is 11.4 Å². The Kier molecular flexibility index (Phi) is 7.93. The highest BCUT2D eigenvalue weighted by atomic mass is 35.5. The molecule has 1 amide bonds. The lowest BCUT2D eigenvalue weighted by atomic mass is 10.2. The number of anilines is 1. The molecule has 0 unspecified atom stereocenters. The summed E-state index contributed by atoms with van der Waals surface area (Å²) in [6.07, 6.45) is 5.15. The first kappa shape index (κ1) is 19.8. The Balaban J connectivity index is 0.00000243. The summed E-state index contributed by atoms with van der Waals surface area (Å²) in [7, 11) is 0. The van der Waals surface area contributed by atoms with Crippen molar-refractivity contribution in [2.75, 3.05) is 5.32 Å². The highest BCUT2D eigenvalue weighted by Gasteiger charge is 2.05. The third-order valence-electron chi connectivity index (χ3n) is 3.47. The average molecular weight is 383 g/mol. The van der Waals surface area contributed by atoms with Gasteiger partial charge in [-0.2, -0.15) is 0 Å². The first-order valence-corrected chi connectivity index (χ1v) is 8.96. The molecule has 0 atom stereocenters. The van der Waals surface area contributed by atoms with E-state index in [9.17, 15) is 4.79 Å². The largest absolute Gasteiger partial charge is 0.321 e. The van der Waals surface area contributed by atoms with Gasteiger partial charge in [0.1, 0.15) is 0 Å². The number of thioether (sulfide) groups is 1. The van der Waals surface area contributed by atoms with E-state index in [1.165, 1.54) is 0 Å². The third kappa shape index (κ3) is 6.06. The third-order valence-corrected chi connectivity index (χ3v) is 4.58. The van der Waals surface area contributed by atoms with Crippen LogP contribution in [-0.2, 0) is 10.5 Å². The molecule has 0 fully saturated rings. The molecule has 0 bridgehead atoms. The fraction of sp³-hybridized carbons (Fsp3) is 0.0476. The molecule has 2 aromatic carbocycles. The number of carbonyl (C=O) groups is 1. The van der Waals surface area contributed by atoms with Crippen LogP contribution in [0.1, 0.15) is 11.3 Å². The lowest BCUT2D eigenvalue weighted by molar-refractivity contribution is -0.111. The van der Waals surface area contributed by atoms with E-state index < -0.39 is 0 Å². The Morgan fingerprint density at radius 1 is 0.962 bits per heavy atom. The van der Waals surface area contributed by atoms with Gasteiger partial charge in [-0.15, -0.1) is 24.2 Å². The number of hydrogen-bond acceptors (Lipinski definition) is 3. The van der Waals surface area contributed by atoms with E-state index in [1.54, 1.807) is 30.1 Å². The van der Waals surface area contributed by atoms with Crippen molar-refractivity contribution in [3.05, 3.63) is 96.3 Å². The number of nitrogens with zero attached hydrogens (tertiary/aromatic N) is 1. The van der Waals surface area contributed by atoms with Gasteiger partial charge in [-0.25, -0.2) is 0 Å².